The summed E-state index contributed by atoms with van der Waals surface area (Å²) in [5.74, 6) is -0.319. The van der Waals surface area contributed by atoms with Crippen LogP contribution in [-0.2, 0) is 9.59 Å². The van der Waals surface area contributed by atoms with Gasteiger partial charge in [-0.25, -0.2) is 0 Å². The molecule has 25 heavy (non-hydrogen) atoms. The molecular weight excluding hydrogens is 361 g/mol. The van der Waals surface area contributed by atoms with Crippen molar-refractivity contribution in [1.82, 2.24) is 0 Å². The topological polar surface area (TPSA) is 70.2 Å². The number of halogens is 2. The van der Waals surface area contributed by atoms with E-state index >= 15 is 0 Å². The van der Waals surface area contributed by atoms with E-state index in [9.17, 15) is 9.59 Å². The van der Waals surface area contributed by atoms with Crippen LogP contribution in [0.15, 0.2) is 36.4 Å². The molecule has 7 heteroatoms. The summed E-state index contributed by atoms with van der Waals surface area (Å²) < 4.78 is 0. The van der Waals surface area contributed by atoms with Gasteiger partial charge in [-0.2, -0.15) is 0 Å². The summed E-state index contributed by atoms with van der Waals surface area (Å²) in [7, 11) is 0. The molecule has 0 unspecified atom stereocenters. The van der Waals surface area contributed by atoms with E-state index in [1.807, 2.05) is 25.1 Å². The smallest absolute Gasteiger partial charge is 0.243 e. The number of amides is 2. The fourth-order valence-corrected chi connectivity index (χ4v) is 2.50. The average molecular weight is 380 g/mol. The molecule has 0 aromatic heterocycles. The Morgan fingerprint density at radius 3 is 2.36 bits per heavy atom. The van der Waals surface area contributed by atoms with Crippen molar-refractivity contribution < 1.29 is 9.59 Å². The number of rotatable bonds is 6. The van der Waals surface area contributed by atoms with E-state index in [4.69, 9.17) is 23.2 Å². The summed E-state index contributed by atoms with van der Waals surface area (Å²) in [5, 5.41) is 9.50. The minimum Gasteiger partial charge on any atom is -0.376 e. The largest absolute Gasteiger partial charge is 0.376 e. The van der Waals surface area contributed by atoms with Gasteiger partial charge in [0.15, 0.2) is 0 Å². The van der Waals surface area contributed by atoms with E-state index in [1.165, 1.54) is 0 Å². The predicted octanol–water partition coefficient (Wildman–Crippen LogP) is 4.70. The van der Waals surface area contributed by atoms with Crippen molar-refractivity contribution in [3.8, 4) is 0 Å². The Morgan fingerprint density at radius 1 is 0.960 bits per heavy atom. The van der Waals surface area contributed by atoms with Crippen LogP contribution in [0.4, 0.5) is 17.1 Å². The molecule has 0 spiro atoms. The molecule has 2 amide bonds. The van der Waals surface area contributed by atoms with Gasteiger partial charge in [0.2, 0.25) is 11.8 Å². The van der Waals surface area contributed by atoms with Gasteiger partial charge in [-0.05, 0) is 42.8 Å². The Labute approximate surface area is 156 Å². The number of carbonyl (C=O) groups is 2. The Morgan fingerprint density at radius 2 is 1.64 bits per heavy atom. The van der Waals surface area contributed by atoms with Crippen molar-refractivity contribution in [2.24, 2.45) is 0 Å². The SMILES string of the molecule is CCC(=O)Nc1cccc(NCC(=O)Nc2cc(Cl)ccc2Cl)c1C. The summed E-state index contributed by atoms with van der Waals surface area (Å²) in [6, 6.07) is 10.3. The van der Waals surface area contributed by atoms with Crippen LogP contribution in [0.25, 0.3) is 0 Å². The average Bonchev–Trinajstić information content (AvgIpc) is 2.58. The van der Waals surface area contributed by atoms with Gasteiger partial charge in [-0.15, -0.1) is 0 Å². The van der Waals surface area contributed by atoms with Gasteiger partial charge in [0.25, 0.3) is 0 Å². The molecule has 0 aliphatic carbocycles. The third-order valence-corrected chi connectivity index (χ3v) is 4.14. The molecule has 0 saturated heterocycles. The van der Waals surface area contributed by atoms with Gasteiger partial charge in [0.1, 0.15) is 0 Å². The van der Waals surface area contributed by atoms with Crippen molar-refractivity contribution in [2.45, 2.75) is 20.3 Å². The summed E-state index contributed by atoms with van der Waals surface area (Å²) in [4.78, 5) is 23.7. The van der Waals surface area contributed by atoms with Gasteiger partial charge in [0, 0.05) is 22.8 Å². The van der Waals surface area contributed by atoms with Gasteiger partial charge < -0.3 is 16.0 Å². The van der Waals surface area contributed by atoms with Gasteiger partial charge in [-0.1, -0.05) is 36.2 Å². The summed E-state index contributed by atoms with van der Waals surface area (Å²) in [5.41, 5.74) is 2.80. The molecule has 132 valence electrons. The zero-order chi connectivity index (χ0) is 18.4. The number of hydrogen-bond donors (Lipinski definition) is 3. The van der Waals surface area contributed by atoms with Crippen LogP contribution in [0.5, 0.6) is 0 Å². The minimum absolute atomic E-state index is 0.0505. The molecule has 0 radical (unpaired) electrons. The second-order valence-corrected chi connectivity index (χ2v) is 6.25. The standard InChI is InChI=1S/C18H19Cl2N3O2/c1-3-17(24)22-15-6-4-5-14(11(15)2)21-10-18(25)23-16-9-12(19)7-8-13(16)20/h4-9,21H,3,10H2,1-2H3,(H,22,24)(H,23,25). The van der Waals surface area contributed by atoms with E-state index in [2.05, 4.69) is 16.0 Å². The van der Waals surface area contributed by atoms with Crippen LogP contribution in [-0.4, -0.2) is 18.4 Å². The molecular formula is C18H19Cl2N3O2. The van der Waals surface area contributed by atoms with Crippen LogP contribution >= 0.6 is 23.2 Å². The normalized spacial score (nSPS) is 10.2. The molecule has 2 aromatic carbocycles. The first kappa shape index (κ1) is 19.1. The third-order valence-electron chi connectivity index (χ3n) is 3.57. The Bertz CT molecular complexity index is 794. The van der Waals surface area contributed by atoms with Crippen LogP contribution < -0.4 is 16.0 Å². The van der Waals surface area contributed by atoms with Crippen LogP contribution in [0.1, 0.15) is 18.9 Å². The number of carbonyl (C=O) groups excluding carboxylic acids is 2. The Hall–Kier alpha value is -2.24. The number of nitrogens with one attached hydrogen (secondary N) is 3. The van der Waals surface area contributed by atoms with Crippen molar-refractivity contribution in [3.05, 3.63) is 52.0 Å². The number of hydrogen-bond acceptors (Lipinski definition) is 3. The Balaban J connectivity index is 2.01. The first-order valence-corrected chi connectivity index (χ1v) is 8.54. The summed E-state index contributed by atoms with van der Waals surface area (Å²) in [6.07, 6.45) is 0.403. The molecule has 2 rings (SSSR count). The third kappa shape index (κ3) is 5.37. The molecule has 0 aliphatic heterocycles. The monoisotopic (exact) mass is 379 g/mol. The fourth-order valence-electron chi connectivity index (χ4n) is 2.16. The maximum atomic E-state index is 12.1. The van der Waals surface area contributed by atoms with Crippen LogP contribution in [0.2, 0.25) is 10.0 Å². The molecule has 5 nitrogen and oxygen atoms in total. The second kappa shape index (κ2) is 8.74. The lowest BCUT2D eigenvalue weighted by atomic mass is 10.1. The molecule has 0 fully saturated rings. The highest BCUT2D eigenvalue weighted by atomic mass is 35.5. The first-order chi connectivity index (χ1) is 11.9. The second-order valence-electron chi connectivity index (χ2n) is 5.41. The van der Waals surface area contributed by atoms with E-state index in [1.54, 1.807) is 25.1 Å². The quantitative estimate of drug-likeness (QED) is 0.680. The van der Waals surface area contributed by atoms with Crippen molar-refractivity contribution >= 4 is 52.1 Å². The van der Waals surface area contributed by atoms with E-state index in [0.29, 0.717) is 22.2 Å². The lowest BCUT2D eigenvalue weighted by Gasteiger charge is -2.14. The van der Waals surface area contributed by atoms with Crippen LogP contribution in [0.3, 0.4) is 0 Å². The molecule has 0 aliphatic rings. The maximum absolute atomic E-state index is 12.1. The lowest BCUT2D eigenvalue weighted by Crippen LogP contribution is -2.22. The highest BCUT2D eigenvalue weighted by molar-refractivity contribution is 6.35. The van der Waals surface area contributed by atoms with Crippen molar-refractivity contribution in [2.75, 3.05) is 22.5 Å². The Kier molecular flexibility index (Phi) is 6.67. The van der Waals surface area contributed by atoms with Crippen molar-refractivity contribution in [1.29, 1.82) is 0 Å². The first-order valence-electron chi connectivity index (χ1n) is 7.79. The van der Waals surface area contributed by atoms with Gasteiger partial charge in [-0.3, -0.25) is 9.59 Å². The maximum Gasteiger partial charge on any atom is 0.243 e. The van der Waals surface area contributed by atoms with Gasteiger partial charge >= 0.3 is 0 Å². The highest BCUT2D eigenvalue weighted by Gasteiger charge is 2.09. The van der Waals surface area contributed by atoms with Gasteiger partial charge in [0.05, 0.1) is 17.3 Å². The minimum atomic E-state index is -0.258. The fraction of sp³-hybridized carbons (Fsp3) is 0.222. The van der Waals surface area contributed by atoms with E-state index in [0.717, 1.165) is 16.9 Å². The van der Waals surface area contributed by atoms with Crippen molar-refractivity contribution in [3.63, 3.8) is 0 Å². The summed E-state index contributed by atoms with van der Waals surface area (Å²) in [6.45, 7) is 3.71. The molecule has 2 aromatic rings. The van der Waals surface area contributed by atoms with E-state index < -0.39 is 0 Å². The zero-order valence-electron chi connectivity index (χ0n) is 14.0. The lowest BCUT2D eigenvalue weighted by molar-refractivity contribution is -0.116. The molecule has 0 bridgehead atoms. The number of anilines is 3. The molecule has 0 saturated carbocycles. The zero-order valence-corrected chi connectivity index (χ0v) is 15.5. The highest BCUT2D eigenvalue weighted by Crippen LogP contribution is 2.26. The molecule has 0 heterocycles. The van der Waals surface area contributed by atoms with Crippen LogP contribution in [0, 0.1) is 6.92 Å². The van der Waals surface area contributed by atoms with E-state index in [-0.39, 0.29) is 18.4 Å². The predicted molar refractivity (Wildman–Crippen MR) is 104 cm³/mol. The molecule has 0 atom stereocenters. The molecule has 3 N–H and O–H groups in total. The number of benzene rings is 2. The summed E-state index contributed by atoms with van der Waals surface area (Å²) >= 11 is 11.9.